The van der Waals surface area contributed by atoms with Gasteiger partial charge >= 0.3 is 0 Å². The first-order valence-electron chi connectivity index (χ1n) is 5.17. The first kappa shape index (κ1) is 11.8. The third kappa shape index (κ3) is 3.42. The lowest BCUT2D eigenvalue weighted by Gasteiger charge is -2.10. The molecule has 0 fully saturated rings. The molecule has 1 aromatic carbocycles. The number of hydrogen-bond acceptors (Lipinski definition) is 2. The Bertz CT molecular complexity index is 300. The highest BCUT2D eigenvalue weighted by molar-refractivity contribution is 5.42. The van der Waals surface area contributed by atoms with Crippen molar-refractivity contribution in [2.45, 2.75) is 19.8 Å². The van der Waals surface area contributed by atoms with E-state index in [1.165, 1.54) is 0 Å². The third-order valence-electron chi connectivity index (χ3n) is 2.13. The van der Waals surface area contributed by atoms with E-state index >= 15 is 0 Å². The van der Waals surface area contributed by atoms with Crippen LogP contribution in [0.3, 0.4) is 0 Å². The zero-order valence-electron chi connectivity index (χ0n) is 9.25. The van der Waals surface area contributed by atoms with Crippen molar-refractivity contribution in [3.05, 3.63) is 23.8 Å². The summed E-state index contributed by atoms with van der Waals surface area (Å²) in [6.45, 7) is 2.26. The Labute approximate surface area is 90.0 Å². The lowest BCUT2D eigenvalue weighted by atomic mass is 10.1. The van der Waals surface area contributed by atoms with Gasteiger partial charge in [0.05, 0.1) is 20.4 Å². The molecule has 0 saturated heterocycles. The molecule has 0 N–H and O–H groups in total. The maximum Gasteiger partial charge on any atom is 0.161 e. The number of halogens is 1. The Balaban J connectivity index is 2.77. The minimum absolute atomic E-state index is 0.282. The molecule has 2 nitrogen and oxygen atoms in total. The van der Waals surface area contributed by atoms with Crippen molar-refractivity contribution in [2.24, 2.45) is 0 Å². The van der Waals surface area contributed by atoms with Crippen LogP contribution in [0.25, 0.3) is 0 Å². The predicted molar refractivity (Wildman–Crippen MR) is 58.5 cm³/mol. The quantitative estimate of drug-likeness (QED) is 0.721. The molecule has 0 spiro atoms. The monoisotopic (exact) mass is 212 g/mol. The van der Waals surface area contributed by atoms with Gasteiger partial charge in [0.15, 0.2) is 11.5 Å². The van der Waals surface area contributed by atoms with E-state index in [1.807, 2.05) is 25.1 Å². The molecule has 1 rings (SSSR count). The fraction of sp³-hybridized carbons (Fsp3) is 0.500. The third-order valence-corrected chi connectivity index (χ3v) is 2.13. The molecule has 0 radical (unpaired) electrons. The lowest BCUT2D eigenvalue weighted by molar-refractivity contribution is 0.310. The van der Waals surface area contributed by atoms with Gasteiger partial charge in [-0.2, -0.15) is 0 Å². The van der Waals surface area contributed by atoms with Crippen LogP contribution in [0.1, 0.15) is 18.9 Å². The average molecular weight is 212 g/mol. The van der Waals surface area contributed by atoms with E-state index < -0.39 is 0 Å². The number of alkyl halides is 1. The molecule has 0 amide bonds. The normalized spacial score (nSPS) is 10.1. The topological polar surface area (TPSA) is 18.5 Å². The molecule has 84 valence electrons. The smallest absolute Gasteiger partial charge is 0.161 e. The summed E-state index contributed by atoms with van der Waals surface area (Å²) in [4.78, 5) is 0. The molecular formula is C12H17FO2. The minimum atomic E-state index is -0.282. The highest BCUT2D eigenvalue weighted by Gasteiger charge is 2.04. The molecule has 15 heavy (non-hydrogen) atoms. The van der Waals surface area contributed by atoms with Gasteiger partial charge in [0.1, 0.15) is 0 Å². The highest BCUT2D eigenvalue weighted by atomic mass is 19.1. The molecule has 0 aliphatic rings. The zero-order valence-corrected chi connectivity index (χ0v) is 9.25. The van der Waals surface area contributed by atoms with Crippen molar-refractivity contribution < 1.29 is 13.9 Å². The molecule has 0 bridgehead atoms. The number of rotatable bonds is 6. The average Bonchev–Trinajstić information content (AvgIpc) is 2.28. The summed E-state index contributed by atoms with van der Waals surface area (Å²) < 4.78 is 22.6. The predicted octanol–water partition coefficient (Wildman–Crippen LogP) is 3.00. The summed E-state index contributed by atoms with van der Waals surface area (Å²) in [5, 5.41) is 0. The molecule has 0 atom stereocenters. The Morgan fingerprint density at radius 1 is 1.27 bits per heavy atom. The van der Waals surface area contributed by atoms with Gasteiger partial charge in [-0.15, -0.1) is 0 Å². The van der Waals surface area contributed by atoms with E-state index in [9.17, 15) is 4.39 Å². The molecule has 0 heterocycles. The first-order chi connectivity index (χ1) is 7.31. The SMILES string of the molecule is CCOc1ccc(CCCF)cc1OC. The van der Waals surface area contributed by atoms with Gasteiger partial charge in [-0.1, -0.05) is 6.07 Å². The van der Waals surface area contributed by atoms with Gasteiger partial charge in [-0.05, 0) is 37.5 Å². The second-order valence-corrected chi connectivity index (χ2v) is 3.21. The molecule has 0 saturated carbocycles. The van der Waals surface area contributed by atoms with Crippen LogP contribution in [0.4, 0.5) is 4.39 Å². The van der Waals surface area contributed by atoms with Crippen molar-refractivity contribution in [3.8, 4) is 11.5 Å². The fourth-order valence-electron chi connectivity index (χ4n) is 1.41. The van der Waals surface area contributed by atoms with Crippen molar-refractivity contribution in [1.29, 1.82) is 0 Å². The van der Waals surface area contributed by atoms with Crippen LogP contribution in [0.5, 0.6) is 11.5 Å². The standard InChI is InChI=1S/C12H17FO2/c1-3-15-11-7-6-10(5-4-8-13)9-12(11)14-2/h6-7,9H,3-5,8H2,1-2H3. The summed E-state index contributed by atoms with van der Waals surface area (Å²) in [6.07, 6.45) is 1.29. The largest absolute Gasteiger partial charge is 0.493 e. The summed E-state index contributed by atoms with van der Waals surface area (Å²) in [5.41, 5.74) is 1.08. The van der Waals surface area contributed by atoms with E-state index in [4.69, 9.17) is 9.47 Å². The summed E-state index contributed by atoms with van der Waals surface area (Å²) in [5.74, 6) is 1.46. The van der Waals surface area contributed by atoms with E-state index in [2.05, 4.69) is 0 Å². The number of hydrogen-bond donors (Lipinski definition) is 0. The molecule has 1 aromatic rings. The second kappa shape index (κ2) is 6.27. The van der Waals surface area contributed by atoms with Crippen LogP contribution >= 0.6 is 0 Å². The van der Waals surface area contributed by atoms with Gasteiger partial charge in [-0.25, -0.2) is 0 Å². The fourth-order valence-corrected chi connectivity index (χ4v) is 1.41. The van der Waals surface area contributed by atoms with Crippen molar-refractivity contribution in [2.75, 3.05) is 20.4 Å². The summed E-state index contributed by atoms with van der Waals surface area (Å²) in [7, 11) is 1.61. The van der Waals surface area contributed by atoms with E-state index in [1.54, 1.807) is 7.11 Å². The minimum Gasteiger partial charge on any atom is -0.493 e. The Kier molecular flexibility index (Phi) is 4.95. The maximum atomic E-state index is 12.0. The van der Waals surface area contributed by atoms with Gasteiger partial charge in [0.25, 0.3) is 0 Å². The summed E-state index contributed by atoms with van der Waals surface area (Å²) >= 11 is 0. The van der Waals surface area contributed by atoms with Gasteiger partial charge in [-0.3, -0.25) is 4.39 Å². The lowest BCUT2D eigenvalue weighted by Crippen LogP contribution is -1.96. The molecule has 0 aliphatic heterocycles. The van der Waals surface area contributed by atoms with Gasteiger partial charge in [0, 0.05) is 0 Å². The first-order valence-corrected chi connectivity index (χ1v) is 5.17. The molecule has 0 aromatic heterocycles. The van der Waals surface area contributed by atoms with Gasteiger partial charge < -0.3 is 9.47 Å². The van der Waals surface area contributed by atoms with Crippen LogP contribution in [0.15, 0.2) is 18.2 Å². The molecule has 3 heteroatoms. The van der Waals surface area contributed by atoms with Crippen molar-refractivity contribution >= 4 is 0 Å². The van der Waals surface area contributed by atoms with Crippen LogP contribution in [-0.4, -0.2) is 20.4 Å². The van der Waals surface area contributed by atoms with Gasteiger partial charge in [0.2, 0.25) is 0 Å². The summed E-state index contributed by atoms with van der Waals surface area (Å²) in [6, 6.07) is 5.72. The maximum absolute atomic E-state index is 12.0. The Morgan fingerprint density at radius 2 is 2.07 bits per heavy atom. The number of aryl methyl sites for hydroxylation is 1. The molecular weight excluding hydrogens is 195 g/mol. The molecule has 0 unspecified atom stereocenters. The van der Waals surface area contributed by atoms with Crippen LogP contribution in [0, 0.1) is 0 Å². The van der Waals surface area contributed by atoms with Crippen LogP contribution in [0.2, 0.25) is 0 Å². The Morgan fingerprint density at radius 3 is 2.67 bits per heavy atom. The van der Waals surface area contributed by atoms with Crippen molar-refractivity contribution in [3.63, 3.8) is 0 Å². The number of ether oxygens (including phenoxy) is 2. The van der Waals surface area contributed by atoms with E-state index in [-0.39, 0.29) is 6.67 Å². The van der Waals surface area contributed by atoms with Crippen LogP contribution < -0.4 is 9.47 Å². The second-order valence-electron chi connectivity index (χ2n) is 3.21. The molecule has 0 aliphatic carbocycles. The van der Waals surface area contributed by atoms with Crippen molar-refractivity contribution in [1.82, 2.24) is 0 Å². The number of benzene rings is 1. The zero-order chi connectivity index (χ0) is 11.1. The van der Waals surface area contributed by atoms with E-state index in [0.717, 1.165) is 17.7 Å². The van der Waals surface area contributed by atoms with E-state index in [0.29, 0.717) is 18.8 Å². The van der Waals surface area contributed by atoms with Crippen LogP contribution in [-0.2, 0) is 6.42 Å². The highest BCUT2D eigenvalue weighted by Crippen LogP contribution is 2.28. The number of methoxy groups -OCH3 is 1. The Hall–Kier alpha value is -1.25.